The average Bonchev–Trinajstić information content (AvgIpc) is 2.71. The number of aromatic nitrogens is 1. The van der Waals surface area contributed by atoms with Crippen LogP contribution in [-0.2, 0) is 16.1 Å². The van der Waals surface area contributed by atoms with Crippen LogP contribution in [0.5, 0.6) is 0 Å². The third-order valence-corrected chi connectivity index (χ3v) is 4.14. The lowest BCUT2D eigenvalue weighted by Crippen LogP contribution is -2.49. The number of aromatic amines is 1. The number of hydrogen-bond acceptors (Lipinski definition) is 5. The largest absolute Gasteiger partial charge is 0.445 e. The Bertz CT molecular complexity index is 816. The molecule has 2 aromatic rings. The molecule has 142 valence electrons. The Labute approximate surface area is 156 Å². The van der Waals surface area contributed by atoms with E-state index in [4.69, 9.17) is 9.47 Å². The van der Waals surface area contributed by atoms with Gasteiger partial charge >= 0.3 is 6.09 Å². The first-order valence-electron chi connectivity index (χ1n) is 8.66. The Hall–Kier alpha value is -3.13. The summed E-state index contributed by atoms with van der Waals surface area (Å²) in [4.78, 5) is 39.4. The maximum Gasteiger partial charge on any atom is 0.410 e. The van der Waals surface area contributed by atoms with E-state index < -0.39 is 6.09 Å². The number of pyridine rings is 1. The van der Waals surface area contributed by atoms with Crippen LogP contribution in [0.4, 0.5) is 4.79 Å². The zero-order valence-electron chi connectivity index (χ0n) is 14.7. The fourth-order valence-electron chi connectivity index (χ4n) is 2.68. The van der Waals surface area contributed by atoms with Crippen molar-refractivity contribution in [1.82, 2.24) is 15.2 Å². The molecule has 1 aliphatic rings. The number of carbonyl (C=O) groups is 2. The monoisotopic (exact) mass is 371 g/mol. The van der Waals surface area contributed by atoms with Gasteiger partial charge in [0, 0.05) is 25.4 Å². The highest BCUT2D eigenvalue weighted by molar-refractivity contribution is 5.93. The molecule has 0 aliphatic carbocycles. The molecule has 2 heterocycles. The molecular formula is C19H21N3O5. The molecule has 8 heteroatoms. The molecule has 27 heavy (non-hydrogen) atoms. The number of ether oxygens (including phenoxy) is 2. The summed E-state index contributed by atoms with van der Waals surface area (Å²) < 4.78 is 10.9. The minimum atomic E-state index is -0.404. The molecule has 0 radical (unpaired) electrons. The highest BCUT2D eigenvalue weighted by Gasteiger charge is 2.25. The molecule has 1 aromatic heterocycles. The van der Waals surface area contributed by atoms with Gasteiger partial charge in [0.1, 0.15) is 6.61 Å². The van der Waals surface area contributed by atoms with Crippen LogP contribution in [0.1, 0.15) is 15.9 Å². The maximum atomic E-state index is 12.2. The molecule has 1 aromatic carbocycles. The number of morpholine rings is 1. The summed E-state index contributed by atoms with van der Waals surface area (Å²) in [5.74, 6) is -0.321. The average molecular weight is 371 g/mol. The van der Waals surface area contributed by atoms with E-state index in [9.17, 15) is 14.4 Å². The Morgan fingerprint density at radius 1 is 1.22 bits per heavy atom. The SMILES string of the molecule is O=C(NCC1CN(C(=O)OCc2ccccc2)CCO1)c1ccc(=O)[nH]c1. The zero-order chi connectivity index (χ0) is 19.1. The predicted octanol–water partition coefficient (Wildman–Crippen LogP) is 1.14. The zero-order valence-corrected chi connectivity index (χ0v) is 14.7. The van der Waals surface area contributed by atoms with Gasteiger partial charge < -0.3 is 24.7 Å². The van der Waals surface area contributed by atoms with Crippen molar-refractivity contribution in [2.75, 3.05) is 26.2 Å². The molecule has 1 atom stereocenters. The molecule has 1 unspecified atom stereocenters. The lowest BCUT2D eigenvalue weighted by atomic mass is 10.2. The number of nitrogens with one attached hydrogen (secondary N) is 2. The van der Waals surface area contributed by atoms with Gasteiger partial charge in [-0.25, -0.2) is 4.79 Å². The normalized spacial score (nSPS) is 16.6. The Kier molecular flexibility index (Phi) is 6.22. The number of benzene rings is 1. The summed E-state index contributed by atoms with van der Waals surface area (Å²) >= 11 is 0. The van der Waals surface area contributed by atoms with Gasteiger partial charge in [-0.1, -0.05) is 30.3 Å². The van der Waals surface area contributed by atoms with Crippen LogP contribution in [-0.4, -0.2) is 54.2 Å². The fourth-order valence-corrected chi connectivity index (χ4v) is 2.68. The first-order chi connectivity index (χ1) is 13.1. The number of nitrogens with zero attached hydrogens (tertiary/aromatic N) is 1. The molecule has 2 N–H and O–H groups in total. The molecule has 1 fully saturated rings. The summed E-state index contributed by atoms with van der Waals surface area (Å²) in [7, 11) is 0. The summed E-state index contributed by atoms with van der Waals surface area (Å²) in [6.07, 6.45) is 0.626. The van der Waals surface area contributed by atoms with E-state index in [0.717, 1.165) is 5.56 Å². The van der Waals surface area contributed by atoms with Crippen LogP contribution >= 0.6 is 0 Å². The van der Waals surface area contributed by atoms with Crippen molar-refractivity contribution in [1.29, 1.82) is 0 Å². The van der Waals surface area contributed by atoms with Gasteiger partial charge in [-0.05, 0) is 11.6 Å². The van der Waals surface area contributed by atoms with Crippen LogP contribution in [0.3, 0.4) is 0 Å². The van der Waals surface area contributed by atoms with Crippen LogP contribution in [0.2, 0.25) is 0 Å². The summed E-state index contributed by atoms with van der Waals surface area (Å²) in [6, 6.07) is 12.2. The highest BCUT2D eigenvalue weighted by Crippen LogP contribution is 2.09. The smallest absolute Gasteiger partial charge is 0.410 e. The molecule has 0 bridgehead atoms. The van der Waals surface area contributed by atoms with Crippen molar-refractivity contribution in [3.8, 4) is 0 Å². The molecule has 0 spiro atoms. The van der Waals surface area contributed by atoms with Gasteiger partial charge in [-0.3, -0.25) is 9.59 Å². The molecule has 3 rings (SSSR count). The first-order valence-corrected chi connectivity index (χ1v) is 8.66. The van der Waals surface area contributed by atoms with E-state index in [-0.39, 0.29) is 30.7 Å². The van der Waals surface area contributed by atoms with Crippen LogP contribution in [0.15, 0.2) is 53.5 Å². The Morgan fingerprint density at radius 2 is 2.04 bits per heavy atom. The predicted molar refractivity (Wildman–Crippen MR) is 97.3 cm³/mol. The van der Waals surface area contributed by atoms with E-state index in [1.165, 1.54) is 18.3 Å². The number of rotatable bonds is 5. The molecule has 0 saturated carbocycles. The Balaban J connectivity index is 1.45. The van der Waals surface area contributed by atoms with E-state index in [1.54, 1.807) is 4.90 Å². The third-order valence-electron chi connectivity index (χ3n) is 4.14. The summed E-state index contributed by atoms with van der Waals surface area (Å²) in [6.45, 7) is 1.61. The van der Waals surface area contributed by atoms with Crippen molar-refractivity contribution in [3.63, 3.8) is 0 Å². The maximum absolute atomic E-state index is 12.2. The quantitative estimate of drug-likeness (QED) is 0.821. The van der Waals surface area contributed by atoms with Crippen molar-refractivity contribution in [2.45, 2.75) is 12.7 Å². The minimum absolute atomic E-state index is 0.213. The topological polar surface area (TPSA) is 101 Å². The van der Waals surface area contributed by atoms with Gasteiger partial charge in [-0.2, -0.15) is 0 Å². The molecule has 1 aliphatic heterocycles. The second-order valence-corrected chi connectivity index (χ2v) is 6.13. The number of amides is 2. The summed E-state index contributed by atoms with van der Waals surface area (Å²) in [5.41, 5.74) is 1.00. The number of H-pyrrole nitrogens is 1. The third kappa shape index (κ3) is 5.42. The van der Waals surface area contributed by atoms with Crippen LogP contribution < -0.4 is 10.9 Å². The lowest BCUT2D eigenvalue weighted by molar-refractivity contribution is -0.0263. The fraction of sp³-hybridized carbons (Fsp3) is 0.316. The second-order valence-electron chi connectivity index (χ2n) is 6.13. The molecule has 2 amide bonds. The van der Waals surface area contributed by atoms with E-state index in [2.05, 4.69) is 10.3 Å². The van der Waals surface area contributed by atoms with Crippen molar-refractivity contribution >= 4 is 12.0 Å². The van der Waals surface area contributed by atoms with Gasteiger partial charge in [0.15, 0.2) is 0 Å². The second kappa shape index (κ2) is 9.00. The van der Waals surface area contributed by atoms with Gasteiger partial charge in [-0.15, -0.1) is 0 Å². The van der Waals surface area contributed by atoms with E-state index in [0.29, 0.717) is 25.3 Å². The highest BCUT2D eigenvalue weighted by atomic mass is 16.6. The van der Waals surface area contributed by atoms with Crippen molar-refractivity contribution in [3.05, 3.63) is 70.1 Å². The van der Waals surface area contributed by atoms with Gasteiger partial charge in [0.2, 0.25) is 5.56 Å². The van der Waals surface area contributed by atoms with E-state index >= 15 is 0 Å². The van der Waals surface area contributed by atoms with Crippen molar-refractivity contribution in [2.24, 2.45) is 0 Å². The molecule has 8 nitrogen and oxygen atoms in total. The number of carbonyl (C=O) groups excluding carboxylic acids is 2. The van der Waals surface area contributed by atoms with Crippen LogP contribution in [0.25, 0.3) is 0 Å². The lowest BCUT2D eigenvalue weighted by Gasteiger charge is -2.32. The minimum Gasteiger partial charge on any atom is -0.445 e. The number of hydrogen-bond donors (Lipinski definition) is 2. The molecular weight excluding hydrogens is 350 g/mol. The van der Waals surface area contributed by atoms with Gasteiger partial charge in [0.05, 0.1) is 24.8 Å². The van der Waals surface area contributed by atoms with Crippen molar-refractivity contribution < 1.29 is 19.1 Å². The first kappa shape index (κ1) is 18.7. The molecule has 1 saturated heterocycles. The standard InChI is InChI=1S/C19H21N3O5/c23-17-7-6-15(10-20-17)18(24)21-11-16-12-22(8-9-26-16)19(25)27-13-14-4-2-1-3-5-14/h1-7,10,16H,8-9,11-13H2,(H,20,23)(H,21,24). The van der Waals surface area contributed by atoms with E-state index in [1.807, 2.05) is 30.3 Å². The Morgan fingerprint density at radius 3 is 2.78 bits per heavy atom. The van der Waals surface area contributed by atoms with Crippen LogP contribution in [0, 0.1) is 0 Å². The van der Waals surface area contributed by atoms with Gasteiger partial charge in [0.25, 0.3) is 5.91 Å². The summed E-state index contributed by atoms with van der Waals surface area (Å²) in [5, 5.41) is 2.74.